The summed E-state index contributed by atoms with van der Waals surface area (Å²) < 4.78 is 0. The summed E-state index contributed by atoms with van der Waals surface area (Å²) in [6.07, 6.45) is 4.71. The second-order valence-corrected chi connectivity index (χ2v) is 6.38. The van der Waals surface area contributed by atoms with Gasteiger partial charge in [-0.2, -0.15) is 0 Å². The fraction of sp³-hybridized carbons (Fsp3) is 0.278. The molecule has 0 heterocycles. The number of hydrogen-bond donors (Lipinski definition) is 0. The monoisotopic (exact) mass is 282 g/mol. The van der Waals surface area contributed by atoms with E-state index in [-0.39, 0.29) is 0 Å². The second-order valence-electron chi connectivity index (χ2n) is 5.29. The van der Waals surface area contributed by atoms with Crippen molar-refractivity contribution >= 4 is 18.0 Å². The maximum atomic E-state index is 10.7. The summed E-state index contributed by atoms with van der Waals surface area (Å²) in [5.41, 5.74) is 3.81. The number of thioether (sulfide) groups is 1. The highest BCUT2D eigenvalue weighted by molar-refractivity contribution is 7.99. The number of rotatable bonds is 4. The molecule has 1 unspecified atom stereocenters. The van der Waals surface area contributed by atoms with Gasteiger partial charge in [0.2, 0.25) is 0 Å². The fourth-order valence-electron chi connectivity index (χ4n) is 2.87. The van der Waals surface area contributed by atoms with Crippen molar-refractivity contribution in [3.05, 3.63) is 65.2 Å². The Labute approximate surface area is 124 Å². The molecule has 3 rings (SSSR count). The van der Waals surface area contributed by atoms with Crippen molar-refractivity contribution in [2.24, 2.45) is 0 Å². The first-order valence-electron chi connectivity index (χ1n) is 7.12. The maximum Gasteiger partial charge on any atom is 0.150 e. The molecule has 20 heavy (non-hydrogen) atoms. The number of hydrogen-bond acceptors (Lipinski definition) is 2. The van der Waals surface area contributed by atoms with E-state index in [4.69, 9.17) is 0 Å². The van der Waals surface area contributed by atoms with Gasteiger partial charge in [-0.15, -0.1) is 11.8 Å². The van der Waals surface area contributed by atoms with E-state index in [0.29, 0.717) is 5.92 Å². The van der Waals surface area contributed by atoms with E-state index in [0.717, 1.165) is 17.6 Å². The Morgan fingerprint density at radius 1 is 1.10 bits per heavy atom. The van der Waals surface area contributed by atoms with E-state index in [2.05, 4.69) is 24.3 Å². The number of aldehydes is 1. The molecule has 0 radical (unpaired) electrons. The molecule has 2 aromatic carbocycles. The van der Waals surface area contributed by atoms with Crippen LogP contribution in [0, 0.1) is 0 Å². The van der Waals surface area contributed by atoms with Crippen LogP contribution in [0.4, 0.5) is 0 Å². The summed E-state index contributed by atoms with van der Waals surface area (Å²) in [4.78, 5) is 11.9. The highest BCUT2D eigenvalue weighted by Crippen LogP contribution is 2.35. The average molecular weight is 282 g/mol. The minimum Gasteiger partial charge on any atom is -0.298 e. The lowest BCUT2D eigenvalue weighted by Gasteiger charge is -2.25. The van der Waals surface area contributed by atoms with Gasteiger partial charge in [-0.05, 0) is 48.4 Å². The van der Waals surface area contributed by atoms with E-state index in [9.17, 15) is 4.79 Å². The Balaban J connectivity index is 1.68. The van der Waals surface area contributed by atoms with Gasteiger partial charge >= 0.3 is 0 Å². The molecule has 0 saturated carbocycles. The van der Waals surface area contributed by atoms with Crippen LogP contribution < -0.4 is 0 Å². The first-order valence-corrected chi connectivity index (χ1v) is 8.11. The minimum atomic E-state index is 0.663. The molecule has 0 aliphatic heterocycles. The number of carbonyl (C=O) groups is 1. The predicted molar refractivity (Wildman–Crippen MR) is 84.7 cm³/mol. The van der Waals surface area contributed by atoms with E-state index >= 15 is 0 Å². The molecule has 1 nitrogen and oxygen atoms in total. The molecule has 2 heteroatoms. The van der Waals surface area contributed by atoms with Crippen LogP contribution in [0.1, 0.15) is 40.2 Å². The third-order valence-corrected chi connectivity index (χ3v) is 5.14. The van der Waals surface area contributed by atoms with E-state index in [1.54, 1.807) is 0 Å². The Hall–Kier alpha value is -1.54. The van der Waals surface area contributed by atoms with Crippen LogP contribution in [-0.2, 0) is 6.42 Å². The van der Waals surface area contributed by atoms with Gasteiger partial charge < -0.3 is 0 Å². The predicted octanol–water partition coefficient (Wildman–Crippen LogP) is 4.71. The van der Waals surface area contributed by atoms with Crippen molar-refractivity contribution in [2.75, 3.05) is 5.75 Å². The second kappa shape index (κ2) is 6.27. The molecule has 102 valence electrons. The third kappa shape index (κ3) is 2.96. The Bertz CT molecular complexity index is 589. The Kier molecular flexibility index (Phi) is 4.22. The number of benzene rings is 2. The van der Waals surface area contributed by atoms with Crippen molar-refractivity contribution in [3.63, 3.8) is 0 Å². The van der Waals surface area contributed by atoms with Crippen LogP contribution in [0.15, 0.2) is 53.4 Å². The van der Waals surface area contributed by atoms with Crippen LogP contribution in [0.2, 0.25) is 0 Å². The van der Waals surface area contributed by atoms with Gasteiger partial charge in [0, 0.05) is 16.2 Å². The molecular weight excluding hydrogens is 264 g/mol. The maximum absolute atomic E-state index is 10.7. The van der Waals surface area contributed by atoms with Gasteiger partial charge in [-0.3, -0.25) is 4.79 Å². The normalized spacial score (nSPS) is 17.5. The summed E-state index contributed by atoms with van der Waals surface area (Å²) in [7, 11) is 0. The SMILES string of the molecule is O=Cc1ccc(SCC2CCCc3ccccc32)cc1. The molecule has 2 aromatic rings. The highest BCUT2D eigenvalue weighted by Gasteiger charge is 2.19. The summed E-state index contributed by atoms with van der Waals surface area (Å²) >= 11 is 1.89. The zero-order valence-electron chi connectivity index (χ0n) is 11.4. The molecule has 1 atom stereocenters. The van der Waals surface area contributed by atoms with Gasteiger partial charge in [0.15, 0.2) is 0 Å². The van der Waals surface area contributed by atoms with E-state index in [1.807, 2.05) is 36.0 Å². The molecule has 0 N–H and O–H groups in total. The molecule has 0 fully saturated rings. The number of aryl methyl sites for hydroxylation is 1. The van der Waals surface area contributed by atoms with Crippen molar-refractivity contribution < 1.29 is 4.79 Å². The number of fused-ring (bicyclic) bond motifs is 1. The molecule has 1 aliphatic rings. The van der Waals surface area contributed by atoms with Crippen molar-refractivity contribution in [3.8, 4) is 0 Å². The standard InChI is InChI=1S/C18H18OS/c19-12-14-8-10-17(11-9-14)20-13-16-6-3-5-15-4-1-2-7-18(15)16/h1-2,4,7-12,16H,3,5-6,13H2. The zero-order valence-corrected chi connectivity index (χ0v) is 12.2. The quantitative estimate of drug-likeness (QED) is 0.596. The average Bonchev–Trinajstić information content (AvgIpc) is 2.53. The van der Waals surface area contributed by atoms with Gasteiger partial charge in [-0.1, -0.05) is 36.4 Å². The minimum absolute atomic E-state index is 0.663. The first kappa shape index (κ1) is 13.4. The topological polar surface area (TPSA) is 17.1 Å². The summed E-state index contributed by atoms with van der Waals surface area (Å²) in [5.74, 6) is 1.79. The Morgan fingerprint density at radius 2 is 1.90 bits per heavy atom. The van der Waals surface area contributed by atoms with E-state index < -0.39 is 0 Å². The van der Waals surface area contributed by atoms with E-state index in [1.165, 1.54) is 35.3 Å². The van der Waals surface area contributed by atoms with Crippen LogP contribution in [-0.4, -0.2) is 12.0 Å². The van der Waals surface area contributed by atoms with Crippen LogP contribution in [0.25, 0.3) is 0 Å². The molecule has 1 aliphatic carbocycles. The summed E-state index contributed by atoms with van der Waals surface area (Å²) in [6.45, 7) is 0. The smallest absolute Gasteiger partial charge is 0.150 e. The molecule has 0 spiro atoms. The van der Waals surface area contributed by atoms with Crippen molar-refractivity contribution in [1.29, 1.82) is 0 Å². The fourth-order valence-corrected chi connectivity index (χ4v) is 3.94. The number of carbonyl (C=O) groups excluding carboxylic acids is 1. The lowest BCUT2D eigenvalue weighted by atomic mass is 9.84. The molecule has 0 aromatic heterocycles. The molecule has 0 bridgehead atoms. The van der Waals surface area contributed by atoms with Crippen LogP contribution in [0.5, 0.6) is 0 Å². The Morgan fingerprint density at radius 3 is 2.70 bits per heavy atom. The molecule has 0 amide bonds. The van der Waals surface area contributed by atoms with Gasteiger partial charge in [0.05, 0.1) is 0 Å². The van der Waals surface area contributed by atoms with Crippen LogP contribution in [0.3, 0.4) is 0 Å². The molecular formula is C18H18OS. The first-order chi connectivity index (χ1) is 9.86. The molecule has 0 saturated heterocycles. The van der Waals surface area contributed by atoms with Crippen molar-refractivity contribution in [1.82, 2.24) is 0 Å². The largest absolute Gasteiger partial charge is 0.298 e. The van der Waals surface area contributed by atoms with Crippen molar-refractivity contribution in [2.45, 2.75) is 30.1 Å². The lowest BCUT2D eigenvalue weighted by molar-refractivity contribution is 0.112. The van der Waals surface area contributed by atoms with Gasteiger partial charge in [0.1, 0.15) is 6.29 Å². The van der Waals surface area contributed by atoms with Crippen LogP contribution >= 0.6 is 11.8 Å². The highest BCUT2D eigenvalue weighted by atomic mass is 32.2. The van der Waals surface area contributed by atoms with Gasteiger partial charge in [0.25, 0.3) is 0 Å². The lowest BCUT2D eigenvalue weighted by Crippen LogP contribution is -2.11. The summed E-state index contributed by atoms with van der Waals surface area (Å²) in [5, 5.41) is 0. The third-order valence-electron chi connectivity index (χ3n) is 3.96. The summed E-state index contributed by atoms with van der Waals surface area (Å²) in [6, 6.07) is 16.7. The zero-order chi connectivity index (χ0) is 13.8. The van der Waals surface area contributed by atoms with Gasteiger partial charge in [-0.25, -0.2) is 0 Å².